The van der Waals surface area contributed by atoms with Crippen LogP contribution in [0.2, 0.25) is 0 Å². The number of benzene rings is 2. The molecule has 0 unspecified atom stereocenters. The molecule has 3 heteroatoms. The minimum absolute atomic E-state index is 0.974. The number of pyridine rings is 1. The van der Waals surface area contributed by atoms with Gasteiger partial charge in [0.05, 0.1) is 5.69 Å². The van der Waals surface area contributed by atoms with E-state index in [9.17, 15) is 0 Å². The average molecular weight is 332 g/mol. The molecule has 1 aromatic heterocycles. The molecular formula is C17H15ClCuN. The monoisotopic (exact) mass is 331 g/mol. The van der Waals surface area contributed by atoms with Crippen LogP contribution in [0.1, 0.15) is 12.6 Å². The molecule has 0 saturated heterocycles. The van der Waals surface area contributed by atoms with E-state index >= 15 is 0 Å². The van der Waals surface area contributed by atoms with Crippen molar-refractivity contribution in [3.8, 4) is 11.3 Å². The summed E-state index contributed by atoms with van der Waals surface area (Å²) in [5.41, 5.74) is 3.38. The van der Waals surface area contributed by atoms with Crippen LogP contribution in [0.15, 0.2) is 60.7 Å². The van der Waals surface area contributed by atoms with Gasteiger partial charge in [0, 0.05) is 11.3 Å². The summed E-state index contributed by atoms with van der Waals surface area (Å²) in [6, 6.07) is 21.1. The van der Waals surface area contributed by atoms with Crippen molar-refractivity contribution in [3.05, 3.63) is 66.4 Å². The number of rotatable bonds is 2. The van der Waals surface area contributed by atoms with Gasteiger partial charge in [-0.3, -0.25) is 4.98 Å². The van der Waals surface area contributed by atoms with Crippen molar-refractivity contribution in [2.24, 2.45) is 0 Å². The van der Waals surface area contributed by atoms with Gasteiger partial charge >= 0.3 is 25.2 Å². The molecule has 0 amide bonds. The van der Waals surface area contributed by atoms with E-state index in [1.54, 1.807) is 0 Å². The van der Waals surface area contributed by atoms with Gasteiger partial charge in [-0.2, -0.15) is 0 Å². The number of nitrogens with zero attached hydrogens (tertiary/aromatic N) is 1. The van der Waals surface area contributed by atoms with E-state index in [4.69, 9.17) is 0 Å². The Hall–Kier alpha value is -1.34. The molecule has 0 bridgehead atoms. The molecule has 0 N–H and O–H groups in total. The van der Waals surface area contributed by atoms with Crippen molar-refractivity contribution in [2.45, 2.75) is 13.3 Å². The van der Waals surface area contributed by atoms with Gasteiger partial charge in [-0.25, -0.2) is 0 Å². The maximum atomic E-state index is 4.67. The van der Waals surface area contributed by atoms with Crippen LogP contribution >= 0.6 is 10.1 Å². The SMILES string of the molecule is CCc1cccc(-c2ccc3ccccc3c2)n1.[Cl][Cu]. The molecular weight excluding hydrogens is 317 g/mol. The summed E-state index contributed by atoms with van der Waals surface area (Å²) in [5.74, 6) is 0. The van der Waals surface area contributed by atoms with Gasteiger partial charge in [0.2, 0.25) is 0 Å². The molecule has 0 radical (unpaired) electrons. The molecule has 0 atom stereocenters. The fourth-order valence-electron chi connectivity index (χ4n) is 2.19. The zero-order valence-corrected chi connectivity index (χ0v) is 12.8. The van der Waals surface area contributed by atoms with Crippen molar-refractivity contribution in [2.75, 3.05) is 0 Å². The van der Waals surface area contributed by atoms with Crippen molar-refractivity contribution < 1.29 is 15.1 Å². The molecule has 20 heavy (non-hydrogen) atoms. The van der Waals surface area contributed by atoms with E-state index < -0.39 is 0 Å². The molecule has 3 rings (SSSR count). The van der Waals surface area contributed by atoms with Gasteiger partial charge in [0.25, 0.3) is 0 Å². The maximum absolute atomic E-state index is 4.67. The Bertz CT molecular complexity index is 697. The third kappa shape index (κ3) is 3.40. The summed E-state index contributed by atoms with van der Waals surface area (Å²) in [5, 5.41) is 2.53. The number of halogens is 1. The first-order valence-electron chi connectivity index (χ1n) is 6.43. The van der Waals surface area contributed by atoms with Crippen molar-refractivity contribution in [3.63, 3.8) is 0 Å². The van der Waals surface area contributed by atoms with Crippen LogP contribution in [0.4, 0.5) is 0 Å². The van der Waals surface area contributed by atoms with Crippen LogP contribution in [0, 0.1) is 0 Å². The van der Waals surface area contributed by atoms with E-state index in [1.807, 2.05) is 0 Å². The first-order chi connectivity index (χ1) is 9.86. The fourth-order valence-corrected chi connectivity index (χ4v) is 2.19. The number of aryl methyl sites for hydroxylation is 1. The van der Waals surface area contributed by atoms with Crippen LogP contribution in [0.25, 0.3) is 22.0 Å². The van der Waals surface area contributed by atoms with Crippen molar-refractivity contribution in [1.29, 1.82) is 0 Å². The number of hydrogen-bond acceptors (Lipinski definition) is 1. The predicted octanol–water partition coefficient (Wildman–Crippen LogP) is 5.15. The molecule has 0 fully saturated rings. The fraction of sp³-hybridized carbons (Fsp3) is 0.118. The minimum atomic E-state index is 0.974. The van der Waals surface area contributed by atoms with Crippen LogP contribution in [0.3, 0.4) is 0 Å². The second kappa shape index (κ2) is 7.44. The van der Waals surface area contributed by atoms with Crippen molar-refractivity contribution in [1.82, 2.24) is 4.98 Å². The van der Waals surface area contributed by atoms with E-state index in [0.717, 1.165) is 17.8 Å². The summed E-state index contributed by atoms with van der Waals surface area (Å²) < 4.78 is 0. The number of aromatic nitrogens is 1. The Balaban J connectivity index is 0.000000704. The quantitative estimate of drug-likeness (QED) is 0.591. The molecule has 0 saturated carbocycles. The first-order valence-corrected chi connectivity index (χ1v) is 7.73. The summed E-state index contributed by atoms with van der Waals surface area (Å²) in [6.45, 7) is 2.13. The van der Waals surface area contributed by atoms with Crippen LogP contribution in [-0.4, -0.2) is 4.98 Å². The summed E-state index contributed by atoms with van der Waals surface area (Å²) in [7, 11) is 4.20. The van der Waals surface area contributed by atoms with Gasteiger partial charge < -0.3 is 0 Å². The van der Waals surface area contributed by atoms with Gasteiger partial charge in [-0.1, -0.05) is 49.4 Å². The Morgan fingerprint density at radius 2 is 1.65 bits per heavy atom. The molecule has 1 nitrogen and oxygen atoms in total. The van der Waals surface area contributed by atoms with E-state index in [2.05, 4.69) is 97.8 Å². The molecule has 0 aliphatic carbocycles. The van der Waals surface area contributed by atoms with E-state index in [-0.39, 0.29) is 0 Å². The van der Waals surface area contributed by atoms with Crippen molar-refractivity contribution >= 4 is 20.9 Å². The van der Waals surface area contributed by atoms with Gasteiger partial charge in [-0.05, 0) is 35.4 Å². The topological polar surface area (TPSA) is 12.9 Å². The molecule has 2 aromatic carbocycles. The van der Waals surface area contributed by atoms with Crippen LogP contribution < -0.4 is 0 Å². The van der Waals surface area contributed by atoms with Gasteiger partial charge in [-0.15, -0.1) is 0 Å². The summed E-state index contributed by atoms with van der Waals surface area (Å²) >= 11 is 3.66. The third-order valence-corrected chi connectivity index (χ3v) is 3.21. The third-order valence-electron chi connectivity index (χ3n) is 3.21. The molecule has 0 aliphatic rings. The second-order valence-corrected chi connectivity index (χ2v) is 4.43. The van der Waals surface area contributed by atoms with E-state index in [1.165, 1.54) is 16.3 Å². The molecule has 0 aliphatic heterocycles. The molecule has 106 valence electrons. The van der Waals surface area contributed by atoms with Gasteiger partial charge in [0.15, 0.2) is 0 Å². The number of fused-ring (bicyclic) bond motifs is 1. The Labute approximate surface area is 132 Å². The van der Waals surface area contributed by atoms with Gasteiger partial charge in [0.1, 0.15) is 0 Å². The normalized spacial score (nSPS) is 10.0. The zero-order chi connectivity index (χ0) is 14.4. The Kier molecular flexibility index (Phi) is 5.60. The van der Waals surface area contributed by atoms with E-state index in [0.29, 0.717) is 0 Å². The molecule has 1 heterocycles. The first kappa shape index (κ1) is 15.1. The predicted molar refractivity (Wildman–Crippen MR) is 82.4 cm³/mol. The Morgan fingerprint density at radius 3 is 2.40 bits per heavy atom. The molecule has 0 spiro atoms. The second-order valence-electron chi connectivity index (χ2n) is 4.43. The van der Waals surface area contributed by atoms with Crippen LogP contribution in [0.5, 0.6) is 0 Å². The number of hydrogen-bond donors (Lipinski definition) is 0. The average Bonchev–Trinajstić information content (AvgIpc) is 2.56. The standard InChI is InChI=1S/C17H15N.ClH.Cu/c1-2-16-8-5-9-17(18-16)15-11-10-13-6-3-4-7-14(13)12-15;;/h3-12H,2H2,1H3;1H;/q;;+1/p-1. The molecule has 3 aromatic rings. The van der Waals surface area contributed by atoms with Crippen LogP contribution in [-0.2, 0) is 21.5 Å². The Morgan fingerprint density at radius 1 is 0.900 bits per heavy atom. The summed E-state index contributed by atoms with van der Waals surface area (Å²) in [4.78, 5) is 4.67. The zero-order valence-electron chi connectivity index (χ0n) is 11.1. The summed E-state index contributed by atoms with van der Waals surface area (Å²) in [6.07, 6.45) is 0.974.